The molecule has 0 unspecified atom stereocenters. The van der Waals surface area contributed by atoms with E-state index in [0.717, 1.165) is 83.0 Å². The molecule has 0 spiro atoms. The molecular weight excluding hydrogens is 873 g/mol. The minimum atomic E-state index is -0.961. The van der Waals surface area contributed by atoms with Gasteiger partial charge in [-0.15, -0.1) is 0 Å². The second-order valence-electron chi connectivity index (χ2n) is 20.0. The van der Waals surface area contributed by atoms with Crippen molar-refractivity contribution < 1.29 is 39.6 Å². The maximum Gasteiger partial charge on any atom is 0.335 e. The summed E-state index contributed by atoms with van der Waals surface area (Å²) in [6, 6.07) is 63.8. The third kappa shape index (κ3) is 7.66. The first-order valence-electron chi connectivity index (χ1n) is 23.5. The molecule has 344 valence electrons. The van der Waals surface area contributed by atoms with Crippen LogP contribution in [0.4, 0.5) is 0 Å². The largest absolute Gasteiger partial charge is 0.478 e. The number of carboxylic acids is 4. The smallest absolute Gasteiger partial charge is 0.335 e. The summed E-state index contributed by atoms with van der Waals surface area (Å²) in [6.45, 7) is 0. The van der Waals surface area contributed by atoms with Crippen LogP contribution in [0, 0.1) is 0 Å². The molecule has 0 radical (unpaired) electrons. The van der Waals surface area contributed by atoms with Gasteiger partial charge in [0.1, 0.15) is 0 Å². The number of hydrogen-bond acceptors (Lipinski definition) is 4. The van der Waals surface area contributed by atoms with Gasteiger partial charge in [0, 0.05) is 0 Å². The van der Waals surface area contributed by atoms with Gasteiger partial charge in [-0.1, -0.05) is 146 Å². The average molecular weight is 921 g/mol. The second kappa shape index (κ2) is 16.7. The molecule has 0 amide bonds. The molecule has 8 aromatic carbocycles. The fraction of sp³-hybridized carbons (Fsp3) is 0.161. The van der Waals surface area contributed by atoms with Crippen molar-refractivity contribution in [3.05, 3.63) is 239 Å². The summed E-state index contributed by atoms with van der Waals surface area (Å²) in [7, 11) is 0. The summed E-state index contributed by atoms with van der Waals surface area (Å²) in [6.07, 6.45) is 5.61. The standard InChI is InChI=1S/C62H48O8/c63-55(64)47-9-1-39(2-10-47)43-17-25-51(26-18-43)59-33-60(52-27-19-44(20-28-52)40-3-11-48(12-4-40)56(65)66)36-61(34-59,53-29-21-45(22-30-53)41-5-13-49(14-6-41)57(67)68)38-62(35-59,37-60)54-31-23-46(24-32-54)42-7-15-50(16-8-42)58(69)70/h1-32H,33-38H2,(H,63,64)(H,65,66)(H,67,68)(H,69,70). The van der Waals surface area contributed by atoms with Crippen molar-refractivity contribution in [2.24, 2.45) is 0 Å². The fourth-order valence-electron chi connectivity index (χ4n) is 13.1. The molecule has 70 heavy (non-hydrogen) atoms. The normalized spacial score (nSPS) is 22.1. The van der Waals surface area contributed by atoms with Gasteiger partial charge in [-0.25, -0.2) is 19.2 Å². The van der Waals surface area contributed by atoms with Gasteiger partial charge in [0.2, 0.25) is 0 Å². The molecule has 0 aliphatic heterocycles. The Balaban J connectivity index is 1.06. The van der Waals surface area contributed by atoms with Gasteiger partial charge in [-0.2, -0.15) is 0 Å². The summed E-state index contributed by atoms with van der Waals surface area (Å²) < 4.78 is 0. The molecule has 4 bridgehead atoms. The Hall–Kier alpha value is -8.36. The lowest BCUT2D eigenvalue weighted by Gasteiger charge is -2.71. The summed E-state index contributed by atoms with van der Waals surface area (Å²) in [5.74, 6) is -3.84. The Morgan fingerprint density at radius 2 is 0.357 bits per heavy atom. The molecule has 8 heteroatoms. The number of rotatable bonds is 12. The highest BCUT2D eigenvalue weighted by atomic mass is 16.4. The number of carboxylic acid groups (broad SMARTS) is 4. The van der Waals surface area contributed by atoms with Crippen LogP contribution in [-0.4, -0.2) is 44.3 Å². The van der Waals surface area contributed by atoms with Crippen LogP contribution in [0.5, 0.6) is 0 Å². The number of carbonyl (C=O) groups is 4. The molecule has 0 atom stereocenters. The molecule has 4 N–H and O–H groups in total. The minimum Gasteiger partial charge on any atom is -0.478 e. The molecule has 8 nitrogen and oxygen atoms in total. The van der Waals surface area contributed by atoms with Crippen LogP contribution < -0.4 is 0 Å². The van der Waals surface area contributed by atoms with E-state index in [4.69, 9.17) is 0 Å². The van der Waals surface area contributed by atoms with E-state index >= 15 is 0 Å². The third-order valence-corrected chi connectivity index (χ3v) is 15.9. The van der Waals surface area contributed by atoms with E-state index in [0.29, 0.717) is 0 Å². The van der Waals surface area contributed by atoms with Gasteiger partial charge in [0.25, 0.3) is 0 Å². The van der Waals surface area contributed by atoms with Crippen LogP contribution in [0.3, 0.4) is 0 Å². The predicted molar refractivity (Wildman–Crippen MR) is 270 cm³/mol. The molecule has 4 saturated carbocycles. The lowest BCUT2D eigenvalue weighted by Crippen LogP contribution is -2.67. The van der Waals surface area contributed by atoms with E-state index in [2.05, 4.69) is 97.1 Å². The van der Waals surface area contributed by atoms with E-state index in [1.807, 2.05) is 48.5 Å². The Morgan fingerprint density at radius 3 is 0.486 bits per heavy atom. The summed E-state index contributed by atoms with van der Waals surface area (Å²) in [5, 5.41) is 38.3. The van der Waals surface area contributed by atoms with Crippen LogP contribution in [0.15, 0.2) is 194 Å². The van der Waals surface area contributed by atoms with Crippen molar-refractivity contribution in [2.45, 2.75) is 60.2 Å². The van der Waals surface area contributed by atoms with Crippen molar-refractivity contribution in [1.29, 1.82) is 0 Å². The van der Waals surface area contributed by atoms with Crippen molar-refractivity contribution in [2.75, 3.05) is 0 Å². The van der Waals surface area contributed by atoms with Crippen LogP contribution >= 0.6 is 0 Å². The van der Waals surface area contributed by atoms with Crippen LogP contribution in [0.25, 0.3) is 44.5 Å². The zero-order valence-electron chi connectivity index (χ0n) is 38.1. The summed E-state index contributed by atoms with van der Waals surface area (Å²) in [5.41, 5.74) is 12.8. The Morgan fingerprint density at radius 1 is 0.229 bits per heavy atom. The molecule has 4 aliphatic carbocycles. The minimum absolute atomic E-state index is 0.243. The van der Waals surface area contributed by atoms with Crippen LogP contribution in [-0.2, 0) is 21.7 Å². The SMILES string of the molecule is O=C(O)c1ccc(-c2ccc(C34CC5(c6ccc(-c7ccc(C(=O)O)cc7)cc6)CC(c6ccc(-c7ccc(C(=O)O)cc7)cc6)(C3)CC(c3ccc(-c6ccc(C(=O)O)cc6)cc3)(C4)C5)cc2)cc1. The maximum absolute atomic E-state index is 11.7. The number of hydrogen-bond donors (Lipinski definition) is 4. The molecule has 0 aromatic heterocycles. The highest BCUT2D eigenvalue weighted by Crippen LogP contribution is 2.75. The van der Waals surface area contributed by atoms with E-state index in [-0.39, 0.29) is 43.9 Å². The van der Waals surface area contributed by atoms with Crippen molar-refractivity contribution in [3.63, 3.8) is 0 Å². The van der Waals surface area contributed by atoms with Crippen LogP contribution in [0.2, 0.25) is 0 Å². The predicted octanol–water partition coefficient (Wildman–Crippen LogP) is 13.6. The summed E-state index contributed by atoms with van der Waals surface area (Å²) in [4.78, 5) is 46.7. The molecule has 4 fully saturated rings. The molecule has 0 saturated heterocycles. The molecule has 0 heterocycles. The van der Waals surface area contributed by atoms with Gasteiger partial charge in [-0.3, -0.25) is 0 Å². The quantitative estimate of drug-likeness (QED) is 0.0946. The van der Waals surface area contributed by atoms with Gasteiger partial charge in [0.15, 0.2) is 0 Å². The average Bonchev–Trinajstić information content (AvgIpc) is 3.38. The highest BCUT2D eigenvalue weighted by Gasteiger charge is 2.69. The molecule has 8 aromatic rings. The van der Waals surface area contributed by atoms with E-state index in [1.165, 1.54) is 22.3 Å². The second-order valence-corrected chi connectivity index (χ2v) is 20.0. The maximum atomic E-state index is 11.7. The Bertz CT molecular complexity index is 2830. The van der Waals surface area contributed by atoms with Gasteiger partial charge in [0.05, 0.1) is 22.3 Å². The summed E-state index contributed by atoms with van der Waals surface area (Å²) >= 11 is 0. The third-order valence-electron chi connectivity index (χ3n) is 15.9. The lowest BCUT2D eigenvalue weighted by atomic mass is 9.32. The Kier molecular flexibility index (Phi) is 10.5. The first-order chi connectivity index (χ1) is 33.7. The lowest BCUT2D eigenvalue weighted by molar-refractivity contribution is -0.0691. The topological polar surface area (TPSA) is 149 Å². The van der Waals surface area contributed by atoms with Crippen LogP contribution in [0.1, 0.15) is 102 Å². The highest BCUT2D eigenvalue weighted by molar-refractivity contribution is 5.90. The van der Waals surface area contributed by atoms with E-state index in [9.17, 15) is 39.6 Å². The number of benzene rings is 8. The van der Waals surface area contributed by atoms with Crippen molar-refractivity contribution >= 4 is 23.9 Å². The Labute approximate surface area is 405 Å². The molecular formula is C62H48O8. The van der Waals surface area contributed by atoms with Crippen molar-refractivity contribution in [3.8, 4) is 44.5 Å². The number of aromatic carboxylic acids is 4. The molecule has 4 aliphatic rings. The zero-order valence-corrected chi connectivity index (χ0v) is 38.1. The van der Waals surface area contributed by atoms with Gasteiger partial charge >= 0.3 is 23.9 Å². The van der Waals surface area contributed by atoms with Gasteiger partial charge in [-0.05, 0) is 175 Å². The first kappa shape index (κ1) is 44.2. The van der Waals surface area contributed by atoms with Gasteiger partial charge < -0.3 is 20.4 Å². The monoisotopic (exact) mass is 920 g/mol. The van der Waals surface area contributed by atoms with Crippen molar-refractivity contribution in [1.82, 2.24) is 0 Å². The zero-order chi connectivity index (χ0) is 48.4. The first-order valence-corrected chi connectivity index (χ1v) is 23.5. The van der Waals surface area contributed by atoms with E-state index < -0.39 is 23.9 Å². The fourth-order valence-corrected chi connectivity index (χ4v) is 13.1. The molecule has 12 rings (SSSR count). The van der Waals surface area contributed by atoms with E-state index in [1.54, 1.807) is 48.5 Å².